The van der Waals surface area contributed by atoms with Gasteiger partial charge in [0.2, 0.25) is 0 Å². The number of thioether (sulfide) groups is 1. The Morgan fingerprint density at radius 2 is 2.37 bits per heavy atom. The van der Waals surface area contributed by atoms with E-state index in [9.17, 15) is 4.39 Å². The molecule has 0 amide bonds. The minimum atomic E-state index is -0.334. The monoisotopic (exact) mass is 280 g/mol. The van der Waals surface area contributed by atoms with E-state index in [1.54, 1.807) is 17.8 Å². The number of methoxy groups -OCH3 is 1. The molecular weight excluding hydrogens is 263 g/mol. The Bertz CT molecular complexity index is 534. The number of halogens is 1. The summed E-state index contributed by atoms with van der Waals surface area (Å²) in [6.07, 6.45) is 3.28. The molecule has 0 aromatic heterocycles. The van der Waals surface area contributed by atoms with Crippen LogP contribution in [0.15, 0.2) is 23.2 Å². The van der Waals surface area contributed by atoms with Crippen LogP contribution in [0.2, 0.25) is 0 Å². The van der Waals surface area contributed by atoms with Gasteiger partial charge in [-0.25, -0.2) is 4.39 Å². The summed E-state index contributed by atoms with van der Waals surface area (Å²) in [6, 6.07) is 5.06. The van der Waals surface area contributed by atoms with Gasteiger partial charge in [0, 0.05) is 5.75 Å². The number of aliphatic imine (C=N–C) groups is 1. The lowest BCUT2D eigenvalue weighted by atomic mass is 9.81. The molecule has 0 bridgehead atoms. The van der Waals surface area contributed by atoms with Crippen LogP contribution < -0.4 is 10.5 Å². The highest BCUT2D eigenvalue weighted by atomic mass is 32.2. The second-order valence-electron chi connectivity index (χ2n) is 5.12. The Kier molecular flexibility index (Phi) is 3.17. The molecule has 0 spiro atoms. The maximum atomic E-state index is 13.6. The second kappa shape index (κ2) is 4.71. The van der Waals surface area contributed by atoms with Gasteiger partial charge in [0.1, 0.15) is 0 Å². The number of nitrogens with zero attached hydrogens (tertiary/aromatic N) is 1. The summed E-state index contributed by atoms with van der Waals surface area (Å²) in [5.41, 5.74) is 6.68. The normalized spacial score (nSPS) is 29.8. The minimum absolute atomic E-state index is 0.268. The Morgan fingerprint density at radius 3 is 3.16 bits per heavy atom. The molecule has 1 aliphatic carbocycles. The number of hydrogen-bond donors (Lipinski definition) is 1. The molecule has 0 saturated heterocycles. The number of nitrogens with two attached hydrogens (primary N) is 1. The van der Waals surface area contributed by atoms with Gasteiger partial charge >= 0.3 is 0 Å². The van der Waals surface area contributed by atoms with Crippen LogP contribution in [-0.2, 0) is 5.54 Å². The highest BCUT2D eigenvalue weighted by Crippen LogP contribution is 2.51. The van der Waals surface area contributed by atoms with Crippen LogP contribution in [0.1, 0.15) is 24.8 Å². The van der Waals surface area contributed by atoms with Crippen molar-refractivity contribution in [1.82, 2.24) is 0 Å². The Labute approximate surface area is 116 Å². The van der Waals surface area contributed by atoms with E-state index in [0.717, 1.165) is 30.6 Å². The fraction of sp³-hybridized carbons (Fsp3) is 0.500. The van der Waals surface area contributed by atoms with Crippen molar-refractivity contribution in [2.24, 2.45) is 16.6 Å². The molecule has 3 nitrogen and oxygen atoms in total. The number of rotatable bonds is 2. The zero-order valence-corrected chi connectivity index (χ0v) is 11.7. The molecule has 1 aromatic carbocycles. The van der Waals surface area contributed by atoms with Gasteiger partial charge in [0.15, 0.2) is 16.7 Å². The van der Waals surface area contributed by atoms with Gasteiger partial charge in [-0.1, -0.05) is 24.2 Å². The molecule has 102 valence electrons. The first kappa shape index (κ1) is 12.8. The van der Waals surface area contributed by atoms with E-state index in [2.05, 4.69) is 0 Å². The zero-order valence-electron chi connectivity index (χ0n) is 10.9. The lowest BCUT2D eigenvalue weighted by Crippen LogP contribution is -2.36. The van der Waals surface area contributed by atoms with Gasteiger partial charge < -0.3 is 10.5 Å². The van der Waals surface area contributed by atoms with Crippen molar-refractivity contribution in [2.75, 3.05) is 12.9 Å². The smallest absolute Gasteiger partial charge is 0.165 e. The third-order valence-electron chi connectivity index (χ3n) is 4.18. The minimum Gasteiger partial charge on any atom is -0.494 e. The fourth-order valence-electron chi connectivity index (χ4n) is 3.22. The fourth-order valence-corrected chi connectivity index (χ4v) is 4.26. The van der Waals surface area contributed by atoms with Crippen molar-refractivity contribution in [3.05, 3.63) is 29.6 Å². The molecule has 1 fully saturated rings. The van der Waals surface area contributed by atoms with E-state index in [1.165, 1.54) is 13.2 Å². The predicted molar refractivity (Wildman–Crippen MR) is 76.1 cm³/mol. The molecule has 1 aromatic rings. The van der Waals surface area contributed by atoms with Gasteiger partial charge in [-0.05, 0) is 36.5 Å². The summed E-state index contributed by atoms with van der Waals surface area (Å²) in [5.74, 6) is 1.43. The number of ether oxygens (including phenoxy) is 1. The molecule has 5 heteroatoms. The number of amidine groups is 1. The number of benzene rings is 1. The Hall–Kier alpha value is -1.23. The first-order valence-corrected chi connectivity index (χ1v) is 7.46. The van der Waals surface area contributed by atoms with Crippen LogP contribution in [0.3, 0.4) is 0 Å². The maximum absolute atomic E-state index is 13.6. The van der Waals surface area contributed by atoms with E-state index in [-0.39, 0.29) is 17.1 Å². The zero-order chi connectivity index (χ0) is 13.5. The van der Waals surface area contributed by atoms with E-state index in [4.69, 9.17) is 15.5 Å². The summed E-state index contributed by atoms with van der Waals surface area (Å²) in [6.45, 7) is 0. The van der Waals surface area contributed by atoms with Gasteiger partial charge in [0.05, 0.1) is 12.6 Å². The number of hydrogen-bond acceptors (Lipinski definition) is 4. The molecule has 19 heavy (non-hydrogen) atoms. The van der Waals surface area contributed by atoms with Crippen LogP contribution >= 0.6 is 11.8 Å². The third-order valence-corrected chi connectivity index (χ3v) is 5.14. The molecule has 2 atom stereocenters. The molecular formula is C14H17FN2OS. The summed E-state index contributed by atoms with van der Waals surface area (Å²) >= 11 is 1.62. The van der Waals surface area contributed by atoms with Gasteiger partial charge in [0.25, 0.3) is 0 Å². The average Bonchev–Trinajstić information content (AvgIpc) is 2.83. The van der Waals surface area contributed by atoms with Crippen LogP contribution in [0, 0.1) is 11.7 Å². The van der Waals surface area contributed by atoms with E-state index in [0.29, 0.717) is 11.1 Å². The molecule has 3 rings (SSSR count). The van der Waals surface area contributed by atoms with Crippen LogP contribution in [0.4, 0.5) is 4.39 Å². The van der Waals surface area contributed by atoms with Crippen LogP contribution in [0.5, 0.6) is 5.75 Å². The molecule has 0 radical (unpaired) electrons. The molecule has 1 aliphatic heterocycles. The Balaban J connectivity index is 2.10. The van der Waals surface area contributed by atoms with Crippen molar-refractivity contribution < 1.29 is 9.13 Å². The van der Waals surface area contributed by atoms with Crippen molar-refractivity contribution in [2.45, 2.75) is 24.8 Å². The molecule has 2 unspecified atom stereocenters. The lowest BCUT2D eigenvalue weighted by Gasteiger charge is -2.36. The molecule has 1 saturated carbocycles. The van der Waals surface area contributed by atoms with E-state index in [1.807, 2.05) is 6.07 Å². The predicted octanol–water partition coefficient (Wildman–Crippen LogP) is 2.89. The standard InChI is InChI=1S/C14H17FN2OS/c1-18-12-7-9(4-5-11(12)15)14-6-2-3-10(14)8-19-13(16)17-14/h4-5,7,10H,2-3,6,8H2,1H3,(H2,16,17). The van der Waals surface area contributed by atoms with Gasteiger partial charge in [-0.2, -0.15) is 0 Å². The van der Waals surface area contributed by atoms with Crippen molar-refractivity contribution in [3.63, 3.8) is 0 Å². The summed E-state index contributed by atoms with van der Waals surface area (Å²) in [4.78, 5) is 4.73. The van der Waals surface area contributed by atoms with Crippen LogP contribution in [0.25, 0.3) is 0 Å². The third kappa shape index (κ3) is 2.00. The highest BCUT2D eigenvalue weighted by molar-refractivity contribution is 8.13. The second-order valence-corrected chi connectivity index (χ2v) is 6.16. The number of fused-ring (bicyclic) bond motifs is 1. The summed E-state index contributed by atoms with van der Waals surface area (Å²) < 4.78 is 18.7. The summed E-state index contributed by atoms with van der Waals surface area (Å²) in [5, 5.41) is 0.640. The average molecular weight is 280 g/mol. The van der Waals surface area contributed by atoms with Crippen molar-refractivity contribution >= 4 is 16.9 Å². The first-order valence-electron chi connectivity index (χ1n) is 6.48. The van der Waals surface area contributed by atoms with Gasteiger partial charge in [-0.3, -0.25) is 4.99 Å². The topological polar surface area (TPSA) is 47.6 Å². The summed E-state index contributed by atoms with van der Waals surface area (Å²) in [7, 11) is 1.49. The Morgan fingerprint density at radius 1 is 1.53 bits per heavy atom. The van der Waals surface area contributed by atoms with Crippen LogP contribution in [-0.4, -0.2) is 18.0 Å². The maximum Gasteiger partial charge on any atom is 0.165 e. The largest absolute Gasteiger partial charge is 0.494 e. The van der Waals surface area contributed by atoms with Crippen molar-refractivity contribution in [1.29, 1.82) is 0 Å². The van der Waals surface area contributed by atoms with E-state index >= 15 is 0 Å². The van der Waals surface area contributed by atoms with Crippen molar-refractivity contribution in [3.8, 4) is 5.75 Å². The lowest BCUT2D eigenvalue weighted by molar-refractivity contribution is 0.347. The quantitative estimate of drug-likeness (QED) is 0.906. The first-order chi connectivity index (χ1) is 9.15. The van der Waals surface area contributed by atoms with E-state index < -0.39 is 0 Å². The highest BCUT2D eigenvalue weighted by Gasteiger charge is 2.46. The molecule has 2 aliphatic rings. The molecule has 2 N–H and O–H groups in total. The van der Waals surface area contributed by atoms with Gasteiger partial charge in [-0.15, -0.1) is 0 Å². The molecule has 1 heterocycles. The SMILES string of the molecule is COc1cc(C23CCCC2CSC(N)=N3)ccc1F.